The van der Waals surface area contributed by atoms with Gasteiger partial charge in [0.05, 0.1) is 39.3 Å². The summed E-state index contributed by atoms with van der Waals surface area (Å²) < 4.78 is 27.8. The number of rotatable bonds is 8. The van der Waals surface area contributed by atoms with Crippen molar-refractivity contribution in [3.05, 3.63) is 71.0 Å². The van der Waals surface area contributed by atoms with Crippen molar-refractivity contribution in [2.45, 2.75) is 19.9 Å². The van der Waals surface area contributed by atoms with Gasteiger partial charge in [0, 0.05) is 62.5 Å². The first-order valence-electron chi connectivity index (χ1n) is 11.6. The number of hydrogen-bond donors (Lipinski definition) is 2. The van der Waals surface area contributed by atoms with Crippen LogP contribution in [0.4, 0.5) is 14.5 Å². The van der Waals surface area contributed by atoms with E-state index in [4.69, 9.17) is 17.0 Å². The summed E-state index contributed by atoms with van der Waals surface area (Å²) in [6.07, 6.45) is 1.85. The van der Waals surface area contributed by atoms with Crippen molar-refractivity contribution < 1.29 is 8.78 Å². The smallest absolute Gasteiger partial charge is 0.144 e. The molecule has 0 aliphatic carbocycles. The second-order valence-corrected chi connectivity index (χ2v) is 9.37. The summed E-state index contributed by atoms with van der Waals surface area (Å²) in [5.74, 6) is -1.75. The van der Waals surface area contributed by atoms with Crippen LogP contribution in [0.5, 0.6) is 0 Å². The number of hydrogen-bond acceptors (Lipinski definition) is 6. The molecule has 1 fully saturated rings. The van der Waals surface area contributed by atoms with Crippen molar-refractivity contribution >= 4 is 39.6 Å². The molecular formula is C26H29ClF2N6. The molecule has 2 aromatic heterocycles. The summed E-state index contributed by atoms with van der Waals surface area (Å²) in [6, 6.07) is 7.73. The number of allylic oxidation sites excluding steroid dienone is 1. The molecule has 0 unspecified atom stereocenters. The maximum atomic E-state index is 14.3. The highest BCUT2D eigenvalue weighted by atomic mass is 35.5. The molecule has 3 heterocycles. The highest BCUT2D eigenvalue weighted by molar-refractivity contribution is 6.33. The molecule has 1 aliphatic rings. The van der Waals surface area contributed by atoms with Gasteiger partial charge in [-0.1, -0.05) is 32.0 Å². The third-order valence-corrected chi connectivity index (χ3v) is 6.42. The van der Waals surface area contributed by atoms with Crippen LogP contribution >= 0.6 is 11.6 Å². The average Bonchev–Trinajstić information content (AvgIpc) is 2.85. The largest absolute Gasteiger partial charge is 0.368 e. The van der Waals surface area contributed by atoms with Gasteiger partial charge in [0.1, 0.15) is 11.6 Å². The summed E-state index contributed by atoms with van der Waals surface area (Å²) in [7, 11) is 0. The molecule has 0 bridgehead atoms. The number of halogens is 3. The van der Waals surface area contributed by atoms with Crippen LogP contribution in [0, 0.1) is 17.0 Å². The van der Waals surface area contributed by atoms with Gasteiger partial charge in [-0.05, 0) is 24.3 Å². The molecule has 1 aromatic carbocycles. The Kier molecular flexibility index (Phi) is 7.74. The van der Waals surface area contributed by atoms with E-state index in [9.17, 15) is 8.78 Å². The fraction of sp³-hybridized carbons (Fsp3) is 0.346. The lowest BCUT2D eigenvalue weighted by Crippen LogP contribution is -2.48. The molecule has 184 valence electrons. The second kappa shape index (κ2) is 10.8. The minimum atomic E-state index is -0.873. The van der Waals surface area contributed by atoms with E-state index in [1.165, 1.54) is 0 Å². The summed E-state index contributed by atoms with van der Waals surface area (Å²) in [6.45, 7) is 14.0. The zero-order valence-electron chi connectivity index (χ0n) is 19.9. The van der Waals surface area contributed by atoms with Crippen molar-refractivity contribution in [3.63, 3.8) is 0 Å². The number of aromatic nitrogens is 2. The van der Waals surface area contributed by atoms with Crippen LogP contribution < -0.4 is 10.2 Å². The first-order valence-corrected chi connectivity index (χ1v) is 12.0. The fourth-order valence-corrected chi connectivity index (χ4v) is 4.25. The first kappa shape index (κ1) is 25.2. The molecule has 35 heavy (non-hydrogen) atoms. The topological polar surface area (TPSA) is 68.1 Å². The number of benzene rings is 1. The molecule has 3 aromatic rings. The van der Waals surface area contributed by atoms with Crippen molar-refractivity contribution in [3.8, 4) is 0 Å². The third-order valence-electron chi connectivity index (χ3n) is 6.13. The van der Waals surface area contributed by atoms with Crippen LogP contribution in [-0.2, 0) is 0 Å². The molecule has 0 saturated carbocycles. The van der Waals surface area contributed by atoms with Crippen LogP contribution in [0.25, 0.3) is 16.6 Å². The molecular weight excluding hydrogens is 470 g/mol. The monoisotopic (exact) mass is 498 g/mol. The summed E-state index contributed by atoms with van der Waals surface area (Å²) in [4.78, 5) is 13.9. The fourth-order valence-electron chi connectivity index (χ4n) is 4.08. The summed E-state index contributed by atoms with van der Waals surface area (Å²) in [5.41, 5.74) is 2.66. The Morgan fingerprint density at radius 1 is 1.11 bits per heavy atom. The molecule has 4 rings (SSSR count). The van der Waals surface area contributed by atoms with Crippen molar-refractivity contribution in [2.75, 3.05) is 44.2 Å². The Hall–Kier alpha value is -2.94. The summed E-state index contributed by atoms with van der Waals surface area (Å²) >= 11 is 5.79. The zero-order valence-corrected chi connectivity index (χ0v) is 20.7. The van der Waals surface area contributed by atoms with Gasteiger partial charge in [-0.15, -0.1) is 0 Å². The highest BCUT2D eigenvalue weighted by Gasteiger charge is 2.19. The van der Waals surface area contributed by atoms with E-state index < -0.39 is 11.6 Å². The zero-order chi connectivity index (χ0) is 25.1. The Balaban J connectivity index is 1.48. The molecule has 0 amide bonds. The van der Waals surface area contributed by atoms with Gasteiger partial charge < -0.3 is 10.2 Å². The number of piperazine rings is 1. The van der Waals surface area contributed by atoms with E-state index in [-0.39, 0.29) is 21.9 Å². The molecule has 6 nitrogen and oxygen atoms in total. The Morgan fingerprint density at radius 3 is 2.57 bits per heavy atom. The van der Waals surface area contributed by atoms with Crippen LogP contribution in [0.2, 0.25) is 5.02 Å². The minimum Gasteiger partial charge on any atom is -0.368 e. The van der Waals surface area contributed by atoms with Crippen molar-refractivity contribution in [1.29, 1.82) is 5.41 Å². The number of fused-ring (bicyclic) bond motifs is 1. The van der Waals surface area contributed by atoms with E-state index in [0.29, 0.717) is 28.8 Å². The van der Waals surface area contributed by atoms with Gasteiger partial charge in [0.15, 0.2) is 0 Å². The lowest BCUT2D eigenvalue weighted by Gasteiger charge is -2.36. The van der Waals surface area contributed by atoms with Crippen LogP contribution in [0.3, 0.4) is 0 Å². The lowest BCUT2D eigenvalue weighted by atomic mass is 10.00. The highest BCUT2D eigenvalue weighted by Crippen LogP contribution is 2.26. The van der Waals surface area contributed by atoms with Crippen LogP contribution in [-0.4, -0.2) is 65.9 Å². The SMILES string of the molecule is C=C(C(=N)c1cc(Cl)c(F)cc1F)c1ccc2ncc(N3CCN(CCNC(C)C)CC3)cc2n1. The van der Waals surface area contributed by atoms with Gasteiger partial charge in [0.25, 0.3) is 0 Å². The van der Waals surface area contributed by atoms with Gasteiger partial charge in [0.2, 0.25) is 0 Å². The van der Waals surface area contributed by atoms with Crippen LogP contribution in [0.15, 0.2) is 43.1 Å². The molecule has 0 radical (unpaired) electrons. The van der Waals surface area contributed by atoms with Gasteiger partial charge in [-0.25, -0.2) is 13.8 Å². The van der Waals surface area contributed by atoms with Crippen molar-refractivity contribution in [1.82, 2.24) is 20.2 Å². The maximum Gasteiger partial charge on any atom is 0.144 e. The summed E-state index contributed by atoms with van der Waals surface area (Å²) in [5, 5.41) is 11.6. The Bertz CT molecular complexity index is 1250. The van der Waals surface area contributed by atoms with Gasteiger partial charge in [-0.2, -0.15) is 0 Å². The van der Waals surface area contributed by atoms with Crippen LogP contribution in [0.1, 0.15) is 25.1 Å². The number of anilines is 1. The predicted molar refractivity (Wildman–Crippen MR) is 139 cm³/mol. The van der Waals surface area contributed by atoms with E-state index in [2.05, 4.69) is 45.5 Å². The number of pyridine rings is 2. The number of nitrogens with one attached hydrogen (secondary N) is 2. The maximum absolute atomic E-state index is 14.3. The molecule has 0 spiro atoms. The molecule has 1 saturated heterocycles. The van der Waals surface area contributed by atoms with E-state index in [1.807, 2.05) is 12.3 Å². The van der Waals surface area contributed by atoms with Crippen molar-refractivity contribution in [2.24, 2.45) is 0 Å². The second-order valence-electron chi connectivity index (χ2n) is 8.97. The molecule has 0 atom stereocenters. The van der Waals surface area contributed by atoms with E-state index in [0.717, 1.165) is 51.0 Å². The minimum absolute atomic E-state index is 0.128. The van der Waals surface area contributed by atoms with Gasteiger partial charge in [-0.3, -0.25) is 15.3 Å². The third kappa shape index (κ3) is 5.83. The Morgan fingerprint density at radius 2 is 1.86 bits per heavy atom. The molecule has 9 heteroatoms. The van der Waals surface area contributed by atoms with Gasteiger partial charge >= 0.3 is 0 Å². The predicted octanol–water partition coefficient (Wildman–Crippen LogP) is 4.76. The average molecular weight is 499 g/mol. The lowest BCUT2D eigenvalue weighted by molar-refractivity contribution is 0.255. The standard InChI is InChI=1S/C26H29ClF2N6/c1-16(2)31-6-7-34-8-10-35(11-9-34)18-12-25-24(32-15-18)5-4-23(33-25)17(3)26(30)19-13-20(27)22(29)14-21(19)28/h4-5,12-16,30-31H,3,6-11H2,1-2H3. The number of nitrogens with zero attached hydrogens (tertiary/aromatic N) is 4. The first-order chi connectivity index (χ1) is 16.7. The quantitative estimate of drug-likeness (QED) is 0.346. The van der Waals surface area contributed by atoms with E-state index >= 15 is 0 Å². The normalized spacial score (nSPS) is 14.6. The molecule has 2 N–H and O–H groups in total. The Labute approximate surface area is 209 Å². The van der Waals surface area contributed by atoms with E-state index in [1.54, 1.807) is 12.1 Å². The molecule has 1 aliphatic heterocycles.